The van der Waals surface area contributed by atoms with Crippen molar-refractivity contribution >= 4 is 23.0 Å². The fraction of sp³-hybridized carbons (Fsp3) is 0.412. The van der Waals surface area contributed by atoms with Crippen LogP contribution in [0.3, 0.4) is 0 Å². The number of ether oxygens (including phenoxy) is 1. The molecule has 2 rings (SSSR count). The normalized spacial score (nSPS) is 14.6. The Morgan fingerprint density at radius 3 is 2.91 bits per heavy atom. The monoisotopic (exact) mass is 302 g/mol. The van der Waals surface area contributed by atoms with Crippen molar-refractivity contribution < 1.29 is 13.9 Å². The topological polar surface area (TPSA) is 41.9 Å². The Kier molecular flexibility index (Phi) is 4.81. The molecule has 0 N–H and O–H groups in total. The lowest BCUT2D eigenvalue weighted by molar-refractivity contribution is -0.121. The van der Waals surface area contributed by atoms with Gasteiger partial charge in [0.2, 0.25) is 0 Å². The predicted molar refractivity (Wildman–Crippen MR) is 85.3 cm³/mol. The molecule has 0 atom stereocenters. The Morgan fingerprint density at radius 1 is 1.55 bits per heavy atom. The second-order valence-corrected chi connectivity index (χ2v) is 5.69. The molecular formula is C17H19FN2O2. The Labute approximate surface area is 130 Å². The van der Waals surface area contributed by atoms with Crippen LogP contribution in [0, 0.1) is 24.1 Å². The van der Waals surface area contributed by atoms with E-state index in [-0.39, 0.29) is 24.7 Å². The summed E-state index contributed by atoms with van der Waals surface area (Å²) in [6.07, 6.45) is 6.07. The third-order valence-electron chi connectivity index (χ3n) is 3.24. The van der Waals surface area contributed by atoms with Crippen LogP contribution < -0.4 is 9.64 Å². The Bertz CT molecular complexity index is 659. The average molecular weight is 302 g/mol. The fourth-order valence-electron chi connectivity index (χ4n) is 2.40. The first-order valence-corrected chi connectivity index (χ1v) is 7.16. The van der Waals surface area contributed by atoms with E-state index in [0.29, 0.717) is 17.4 Å². The lowest BCUT2D eigenvalue weighted by Crippen LogP contribution is -2.39. The van der Waals surface area contributed by atoms with Gasteiger partial charge in [0, 0.05) is 11.8 Å². The number of benzene rings is 1. The van der Waals surface area contributed by atoms with Crippen molar-refractivity contribution in [2.75, 3.05) is 18.1 Å². The molecule has 0 spiro atoms. The zero-order valence-electron chi connectivity index (χ0n) is 13.0. The van der Waals surface area contributed by atoms with Crippen molar-refractivity contribution in [3.05, 3.63) is 17.9 Å². The summed E-state index contributed by atoms with van der Waals surface area (Å²) < 4.78 is 19.4. The van der Waals surface area contributed by atoms with Gasteiger partial charge < -0.3 is 4.74 Å². The minimum atomic E-state index is -0.475. The van der Waals surface area contributed by atoms with Gasteiger partial charge in [-0.3, -0.25) is 14.7 Å². The van der Waals surface area contributed by atoms with Gasteiger partial charge >= 0.3 is 0 Å². The van der Waals surface area contributed by atoms with Gasteiger partial charge in [0.15, 0.2) is 12.4 Å². The quantitative estimate of drug-likeness (QED) is 0.632. The van der Waals surface area contributed by atoms with Crippen LogP contribution in [0.15, 0.2) is 17.1 Å². The van der Waals surface area contributed by atoms with Crippen molar-refractivity contribution in [2.24, 2.45) is 10.9 Å². The third-order valence-corrected chi connectivity index (χ3v) is 3.24. The van der Waals surface area contributed by atoms with E-state index < -0.39 is 5.82 Å². The van der Waals surface area contributed by atoms with E-state index in [4.69, 9.17) is 11.2 Å². The zero-order valence-corrected chi connectivity index (χ0v) is 13.0. The number of nitrogens with zero attached hydrogens (tertiary/aromatic N) is 2. The highest BCUT2D eigenvalue weighted by atomic mass is 19.1. The molecule has 0 fully saturated rings. The molecule has 1 aromatic carbocycles. The number of amides is 1. The van der Waals surface area contributed by atoms with Crippen LogP contribution in [-0.4, -0.2) is 24.8 Å². The molecule has 0 radical (unpaired) electrons. The van der Waals surface area contributed by atoms with E-state index in [2.05, 4.69) is 24.8 Å². The number of hydrogen-bond donors (Lipinski definition) is 0. The molecule has 0 aliphatic carbocycles. The molecule has 4 nitrogen and oxygen atoms in total. The van der Waals surface area contributed by atoms with Gasteiger partial charge in [0.05, 0.1) is 12.2 Å². The van der Waals surface area contributed by atoms with E-state index in [9.17, 15) is 9.18 Å². The number of halogens is 1. The standard InChI is InChI=1S/C17H19FN2O2/c1-5-6-20-15-9-14(19-12(4)7-11(2)3)13(18)8-16(15)22-10-17(20)21/h1,8-9,11H,6-7,10H2,2-4H3/b19-12+. The summed E-state index contributed by atoms with van der Waals surface area (Å²) in [6, 6.07) is 2.77. The number of rotatable bonds is 4. The highest BCUT2D eigenvalue weighted by Gasteiger charge is 2.26. The first-order valence-electron chi connectivity index (χ1n) is 7.16. The van der Waals surface area contributed by atoms with Gasteiger partial charge in [0.1, 0.15) is 11.4 Å². The van der Waals surface area contributed by atoms with Crippen molar-refractivity contribution in [3.63, 3.8) is 0 Å². The smallest absolute Gasteiger partial charge is 0.265 e. The van der Waals surface area contributed by atoms with E-state index >= 15 is 0 Å². The van der Waals surface area contributed by atoms with Gasteiger partial charge in [-0.25, -0.2) is 4.39 Å². The molecule has 0 aromatic heterocycles. The number of fused-ring (bicyclic) bond motifs is 1. The minimum Gasteiger partial charge on any atom is -0.481 e. The van der Waals surface area contributed by atoms with Crippen LogP contribution in [0.4, 0.5) is 15.8 Å². The van der Waals surface area contributed by atoms with Crippen LogP contribution in [0.5, 0.6) is 5.75 Å². The molecule has 116 valence electrons. The molecule has 22 heavy (non-hydrogen) atoms. The van der Waals surface area contributed by atoms with Crippen molar-refractivity contribution in [1.82, 2.24) is 0 Å². The lowest BCUT2D eigenvalue weighted by atomic mass is 10.1. The molecule has 1 aromatic rings. The molecule has 1 amide bonds. The maximum Gasteiger partial charge on any atom is 0.265 e. The van der Waals surface area contributed by atoms with E-state index in [1.807, 2.05) is 6.92 Å². The van der Waals surface area contributed by atoms with Gasteiger partial charge in [-0.15, -0.1) is 6.42 Å². The Hall–Kier alpha value is -2.35. The average Bonchev–Trinajstić information content (AvgIpc) is 2.43. The predicted octanol–water partition coefficient (Wildman–Crippen LogP) is 3.32. The Morgan fingerprint density at radius 2 is 2.27 bits per heavy atom. The van der Waals surface area contributed by atoms with Gasteiger partial charge in [-0.1, -0.05) is 19.8 Å². The number of terminal acetylenes is 1. The fourth-order valence-corrected chi connectivity index (χ4v) is 2.40. The second-order valence-electron chi connectivity index (χ2n) is 5.69. The van der Waals surface area contributed by atoms with E-state index in [1.54, 1.807) is 0 Å². The molecule has 5 heteroatoms. The lowest BCUT2D eigenvalue weighted by Gasteiger charge is -2.28. The highest BCUT2D eigenvalue weighted by Crippen LogP contribution is 2.37. The number of anilines is 1. The minimum absolute atomic E-state index is 0.120. The van der Waals surface area contributed by atoms with Crippen LogP contribution in [0.2, 0.25) is 0 Å². The SMILES string of the molecule is C#CCN1C(=O)COc2cc(F)c(/N=C(\C)CC(C)C)cc21. The summed E-state index contributed by atoms with van der Waals surface area (Å²) in [7, 11) is 0. The number of hydrogen-bond acceptors (Lipinski definition) is 3. The van der Waals surface area contributed by atoms with Gasteiger partial charge in [0.25, 0.3) is 5.91 Å². The first kappa shape index (κ1) is 16.0. The van der Waals surface area contributed by atoms with Gasteiger partial charge in [-0.2, -0.15) is 0 Å². The number of aliphatic imine (C=N–C) groups is 1. The summed E-state index contributed by atoms with van der Waals surface area (Å²) >= 11 is 0. The molecule has 0 unspecified atom stereocenters. The molecule has 1 heterocycles. The van der Waals surface area contributed by atoms with Crippen molar-refractivity contribution in [3.8, 4) is 18.1 Å². The number of carbonyl (C=O) groups is 1. The maximum absolute atomic E-state index is 14.2. The molecule has 0 saturated carbocycles. The van der Waals surface area contributed by atoms with E-state index in [0.717, 1.165) is 12.1 Å². The summed E-state index contributed by atoms with van der Waals surface area (Å²) in [5.41, 5.74) is 1.49. The van der Waals surface area contributed by atoms with Crippen LogP contribution in [0.1, 0.15) is 27.2 Å². The molecule has 0 saturated heterocycles. The number of carbonyl (C=O) groups excluding carboxylic acids is 1. The molecule has 0 bridgehead atoms. The second kappa shape index (κ2) is 6.61. The van der Waals surface area contributed by atoms with Crippen LogP contribution in [-0.2, 0) is 4.79 Å². The highest BCUT2D eigenvalue weighted by molar-refractivity contribution is 5.99. The molecule has 1 aliphatic heterocycles. The summed E-state index contributed by atoms with van der Waals surface area (Å²) in [5.74, 6) is 2.46. The zero-order chi connectivity index (χ0) is 16.3. The summed E-state index contributed by atoms with van der Waals surface area (Å²) in [6.45, 7) is 5.99. The molecule has 1 aliphatic rings. The van der Waals surface area contributed by atoms with Crippen molar-refractivity contribution in [2.45, 2.75) is 27.2 Å². The molecular weight excluding hydrogens is 283 g/mol. The Balaban J connectivity index is 2.43. The van der Waals surface area contributed by atoms with Crippen LogP contribution >= 0.6 is 0 Å². The first-order chi connectivity index (χ1) is 10.4. The summed E-state index contributed by atoms with van der Waals surface area (Å²) in [5, 5.41) is 0. The maximum atomic E-state index is 14.2. The van der Waals surface area contributed by atoms with Crippen molar-refractivity contribution in [1.29, 1.82) is 0 Å². The third kappa shape index (κ3) is 3.45. The summed E-state index contributed by atoms with van der Waals surface area (Å²) in [4.78, 5) is 17.6. The van der Waals surface area contributed by atoms with E-state index in [1.165, 1.54) is 17.0 Å². The largest absolute Gasteiger partial charge is 0.481 e. The van der Waals surface area contributed by atoms with Crippen LogP contribution in [0.25, 0.3) is 0 Å². The van der Waals surface area contributed by atoms with Gasteiger partial charge in [-0.05, 0) is 25.3 Å².